The summed E-state index contributed by atoms with van der Waals surface area (Å²) in [6.45, 7) is 1.02. The third kappa shape index (κ3) is 1.56. The van der Waals surface area contributed by atoms with Crippen molar-refractivity contribution in [2.75, 3.05) is 13.2 Å². The number of hydrogen-bond donors (Lipinski definition) is 1. The molecule has 1 atom stereocenters. The van der Waals surface area contributed by atoms with Gasteiger partial charge in [0.05, 0.1) is 0 Å². The molecule has 1 aromatic rings. The van der Waals surface area contributed by atoms with E-state index in [1.54, 1.807) is 18.2 Å². The fourth-order valence-corrected chi connectivity index (χ4v) is 1.32. The highest BCUT2D eigenvalue weighted by molar-refractivity contribution is 5.61. The van der Waals surface area contributed by atoms with Crippen LogP contribution in [0.5, 0.6) is 11.5 Å². The van der Waals surface area contributed by atoms with Gasteiger partial charge in [0.15, 0.2) is 17.8 Å². The van der Waals surface area contributed by atoms with Crippen LogP contribution in [-0.4, -0.2) is 24.6 Å². The second kappa shape index (κ2) is 3.67. The number of fused-ring (bicyclic) bond motifs is 1. The average Bonchev–Trinajstić information content (AvgIpc) is 2.27. The van der Waals surface area contributed by atoms with Crippen molar-refractivity contribution in [3.63, 3.8) is 0 Å². The molecular weight excluding hydrogens is 184 g/mol. The zero-order chi connectivity index (χ0) is 9.97. The van der Waals surface area contributed by atoms with Gasteiger partial charge in [0, 0.05) is 0 Å². The van der Waals surface area contributed by atoms with Crippen LogP contribution in [-0.2, 0) is 4.79 Å². The van der Waals surface area contributed by atoms with Crippen LogP contribution in [0.4, 0.5) is 0 Å². The Bertz CT molecular complexity index is 348. The number of aliphatic hydroxyl groups excluding tert-OH is 1. The van der Waals surface area contributed by atoms with Crippen molar-refractivity contribution in [3.8, 4) is 11.5 Å². The van der Waals surface area contributed by atoms with Gasteiger partial charge in [-0.2, -0.15) is 0 Å². The van der Waals surface area contributed by atoms with Gasteiger partial charge in [0.1, 0.15) is 19.3 Å². The van der Waals surface area contributed by atoms with Crippen LogP contribution >= 0.6 is 0 Å². The van der Waals surface area contributed by atoms with E-state index in [1.807, 2.05) is 0 Å². The molecule has 0 aromatic heterocycles. The summed E-state index contributed by atoms with van der Waals surface area (Å²) in [5.41, 5.74) is 0.518. The highest BCUT2D eigenvalue weighted by Gasteiger charge is 2.14. The average molecular weight is 194 g/mol. The fraction of sp³-hybridized carbons (Fsp3) is 0.300. The van der Waals surface area contributed by atoms with E-state index in [-0.39, 0.29) is 0 Å². The minimum Gasteiger partial charge on any atom is -0.486 e. The molecule has 14 heavy (non-hydrogen) atoms. The summed E-state index contributed by atoms with van der Waals surface area (Å²) in [7, 11) is 0. The molecule has 2 rings (SSSR count). The monoisotopic (exact) mass is 194 g/mol. The Morgan fingerprint density at radius 3 is 2.71 bits per heavy atom. The summed E-state index contributed by atoms with van der Waals surface area (Å²) in [4.78, 5) is 10.4. The van der Waals surface area contributed by atoms with Gasteiger partial charge in [-0.25, -0.2) is 0 Å². The van der Waals surface area contributed by atoms with Gasteiger partial charge in [-0.1, -0.05) is 6.07 Å². The highest BCUT2D eigenvalue weighted by atomic mass is 16.6. The zero-order valence-electron chi connectivity index (χ0n) is 7.47. The van der Waals surface area contributed by atoms with Crippen LogP contribution in [0.2, 0.25) is 0 Å². The standard InChI is InChI=1S/C10H10O4/c11-6-8(12)7-1-2-9-10(5-7)14-4-3-13-9/h1-2,5-6,8,12H,3-4H2. The molecule has 1 aliphatic rings. The minimum absolute atomic E-state index is 0.478. The molecule has 4 nitrogen and oxygen atoms in total. The number of rotatable bonds is 2. The lowest BCUT2D eigenvalue weighted by Gasteiger charge is -2.19. The molecule has 1 N–H and O–H groups in total. The number of hydrogen-bond acceptors (Lipinski definition) is 4. The minimum atomic E-state index is -1.09. The van der Waals surface area contributed by atoms with Gasteiger partial charge < -0.3 is 19.4 Å². The molecule has 74 valence electrons. The van der Waals surface area contributed by atoms with E-state index < -0.39 is 6.10 Å². The first-order chi connectivity index (χ1) is 6.81. The van der Waals surface area contributed by atoms with Gasteiger partial charge in [0.2, 0.25) is 0 Å². The lowest BCUT2D eigenvalue weighted by Crippen LogP contribution is -2.15. The summed E-state index contributed by atoms with van der Waals surface area (Å²) in [5, 5.41) is 9.27. The summed E-state index contributed by atoms with van der Waals surface area (Å²) >= 11 is 0. The molecule has 0 fully saturated rings. The number of benzene rings is 1. The van der Waals surface area contributed by atoms with Crippen molar-refractivity contribution in [3.05, 3.63) is 23.8 Å². The van der Waals surface area contributed by atoms with Gasteiger partial charge in [0.25, 0.3) is 0 Å². The first kappa shape index (κ1) is 9.02. The van der Waals surface area contributed by atoms with E-state index in [0.717, 1.165) is 0 Å². The molecule has 0 saturated heterocycles. The molecule has 1 unspecified atom stereocenters. The van der Waals surface area contributed by atoms with Crippen molar-refractivity contribution < 1.29 is 19.4 Å². The van der Waals surface area contributed by atoms with Crippen molar-refractivity contribution >= 4 is 6.29 Å². The molecule has 1 aliphatic heterocycles. The van der Waals surface area contributed by atoms with Gasteiger partial charge in [-0.15, -0.1) is 0 Å². The van der Waals surface area contributed by atoms with Gasteiger partial charge in [-0.05, 0) is 17.7 Å². The van der Waals surface area contributed by atoms with E-state index in [0.29, 0.717) is 36.6 Å². The smallest absolute Gasteiger partial charge is 0.161 e. The third-order valence-corrected chi connectivity index (χ3v) is 2.04. The van der Waals surface area contributed by atoms with Crippen LogP contribution in [0.1, 0.15) is 11.7 Å². The Morgan fingerprint density at radius 2 is 2.00 bits per heavy atom. The van der Waals surface area contributed by atoms with Crippen molar-refractivity contribution in [2.45, 2.75) is 6.10 Å². The number of aldehydes is 1. The number of aliphatic hydroxyl groups is 1. The van der Waals surface area contributed by atoms with E-state index in [2.05, 4.69) is 0 Å². The number of carbonyl (C=O) groups excluding carboxylic acids is 1. The van der Waals surface area contributed by atoms with Gasteiger partial charge >= 0.3 is 0 Å². The third-order valence-electron chi connectivity index (χ3n) is 2.04. The maximum atomic E-state index is 10.4. The predicted molar refractivity (Wildman–Crippen MR) is 48.5 cm³/mol. The first-order valence-electron chi connectivity index (χ1n) is 4.34. The van der Waals surface area contributed by atoms with E-state index >= 15 is 0 Å². The van der Waals surface area contributed by atoms with E-state index in [4.69, 9.17) is 9.47 Å². The summed E-state index contributed by atoms with van der Waals surface area (Å²) < 4.78 is 10.6. The molecule has 0 spiro atoms. The summed E-state index contributed by atoms with van der Waals surface area (Å²) in [5.74, 6) is 1.23. The second-order valence-corrected chi connectivity index (χ2v) is 2.98. The quantitative estimate of drug-likeness (QED) is 0.704. The number of carbonyl (C=O) groups is 1. The van der Waals surface area contributed by atoms with Gasteiger partial charge in [-0.3, -0.25) is 0 Å². The first-order valence-corrected chi connectivity index (χ1v) is 4.34. The Balaban J connectivity index is 2.33. The van der Waals surface area contributed by atoms with E-state index in [9.17, 15) is 9.90 Å². The molecule has 0 aliphatic carbocycles. The molecule has 4 heteroatoms. The van der Waals surface area contributed by atoms with Crippen LogP contribution < -0.4 is 9.47 Å². The lowest BCUT2D eigenvalue weighted by atomic mass is 10.1. The molecule has 1 aromatic carbocycles. The highest BCUT2D eigenvalue weighted by Crippen LogP contribution is 2.32. The second-order valence-electron chi connectivity index (χ2n) is 2.98. The largest absolute Gasteiger partial charge is 0.486 e. The molecule has 0 bridgehead atoms. The summed E-state index contributed by atoms with van der Waals surface area (Å²) in [6.07, 6.45) is -0.614. The zero-order valence-corrected chi connectivity index (χ0v) is 7.47. The van der Waals surface area contributed by atoms with Crippen molar-refractivity contribution in [1.82, 2.24) is 0 Å². The maximum Gasteiger partial charge on any atom is 0.161 e. The molecule has 1 heterocycles. The lowest BCUT2D eigenvalue weighted by molar-refractivity contribution is -0.115. The van der Waals surface area contributed by atoms with Crippen molar-refractivity contribution in [2.24, 2.45) is 0 Å². The van der Waals surface area contributed by atoms with Crippen molar-refractivity contribution in [1.29, 1.82) is 0 Å². The normalized spacial score (nSPS) is 16.1. The molecule has 0 amide bonds. The molecule has 0 saturated carbocycles. The number of ether oxygens (including phenoxy) is 2. The van der Waals surface area contributed by atoms with Crippen LogP contribution in [0.25, 0.3) is 0 Å². The van der Waals surface area contributed by atoms with Crippen LogP contribution in [0.15, 0.2) is 18.2 Å². The fourth-order valence-electron chi connectivity index (χ4n) is 1.32. The Labute approximate surface area is 81.1 Å². The topological polar surface area (TPSA) is 55.8 Å². The SMILES string of the molecule is O=CC(O)c1ccc2c(c1)OCCO2. The van der Waals surface area contributed by atoms with Crippen LogP contribution in [0.3, 0.4) is 0 Å². The molecule has 0 radical (unpaired) electrons. The Hall–Kier alpha value is -1.55. The summed E-state index contributed by atoms with van der Waals surface area (Å²) in [6, 6.07) is 4.96. The molecular formula is C10H10O4. The Morgan fingerprint density at radius 1 is 1.29 bits per heavy atom. The van der Waals surface area contributed by atoms with E-state index in [1.165, 1.54) is 0 Å². The predicted octanol–water partition coefficient (Wildman–Crippen LogP) is 0.690. The maximum absolute atomic E-state index is 10.4. The Kier molecular flexibility index (Phi) is 2.37. The van der Waals surface area contributed by atoms with Crippen LogP contribution in [0, 0.1) is 0 Å².